The monoisotopic (exact) mass is 435 g/mol. The second-order valence-electron chi connectivity index (χ2n) is 6.94. The van der Waals surface area contributed by atoms with Gasteiger partial charge in [0.25, 0.3) is 5.91 Å². The molecule has 4 rings (SSSR count). The zero-order valence-corrected chi connectivity index (χ0v) is 16.5. The minimum Gasteiger partial charge on any atom is -0.487 e. The van der Waals surface area contributed by atoms with Crippen LogP contribution in [0, 0.1) is 5.82 Å². The van der Waals surface area contributed by atoms with E-state index in [1.54, 1.807) is 24.3 Å². The number of carboxylic acid groups (broad SMARTS) is 1. The lowest BCUT2D eigenvalue weighted by molar-refractivity contribution is -0.117. The number of amides is 2. The number of benzene rings is 2. The minimum absolute atomic E-state index is 0.0287. The van der Waals surface area contributed by atoms with Crippen LogP contribution in [0.25, 0.3) is 0 Å². The van der Waals surface area contributed by atoms with Gasteiger partial charge in [0.15, 0.2) is 5.82 Å². The largest absolute Gasteiger partial charge is 0.487 e. The molecule has 9 nitrogen and oxygen atoms in total. The van der Waals surface area contributed by atoms with Crippen LogP contribution >= 0.6 is 0 Å². The molecule has 2 aliphatic rings. The number of nitrogens with one attached hydrogen (secondary N) is 1. The Morgan fingerprint density at radius 1 is 1.23 bits per heavy atom. The zero-order chi connectivity index (χ0) is 21.5. The molecule has 0 spiro atoms. The van der Waals surface area contributed by atoms with Crippen LogP contribution in [0.1, 0.15) is 16.7 Å². The predicted molar refractivity (Wildman–Crippen MR) is 104 cm³/mol. The Kier molecular flexibility index (Phi) is 4.98. The van der Waals surface area contributed by atoms with E-state index in [1.807, 2.05) is 10.8 Å². The summed E-state index contributed by atoms with van der Waals surface area (Å²) in [4.78, 5) is 24.0. The average Bonchev–Trinajstić information content (AvgIpc) is 2.98. The molecular weight excluding hydrogens is 417 g/mol. The summed E-state index contributed by atoms with van der Waals surface area (Å²) in [6, 6.07) is 10.6. The zero-order valence-electron chi connectivity index (χ0n) is 15.7. The molecule has 158 valence electrons. The van der Waals surface area contributed by atoms with Crippen molar-refractivity contribution in [1.29, 1.82) is 0 Å². The third kappa shape index (κ3) is 3.63. The van der Waals surface area contributed by atoms with Gasteiger partial charge < -0.3 is 14.7 Å². The summed E-state index contributed by atoms with van der Waals surface area (Å²) >= 11 is 0. The first-order valence-electron chi connectivity index (χ1n) is 9.08. The highest BCUT2D eigenvalue weighted by Crippen LogP contribution is 2.40. The van der Waals surface area contributed by atoms with Gasteiger partial charge in [-0.15, -0.1) is 0 Å². The van der Waals surface area contributed by atoms with Crippen LogP contribution in [0.3, 0.4) is 0 Å². The molecular formula is C19H18FN3O6S. The number of nitrogens with zero attached hydrogens (tertiary/aromatic N) is 2. The highest BCUT2D eigenvalue weighted by molar-refractivity contribution is 7.92. The Labute approximate surface area is 171 Å². The highest BCUT2D eigenvalue weighted by atomic mass is 32.2. The first-order valence-corrected chi connectivity index (χ1v) is 10.5. The number of halogens is 1. The number of anilines is 1. The van der Waals surface area contributed by atoms with Crippen LogP contribution in [0.4, 0.5) is 14.9 Å². The van der Waals surface area contributed by atoms with E-state index in [4.69, 9.17) is 4.74 Å². The number of carbonyl (C=O) groups excluding carboxylic acids is 1. The van der Waals surface area contributed by atoms with Gasteiger partial charge in [-0.1, -0.05) is 30.3 Å². The standard InChI is InChI=1S/C19H18FN3O6S/c20-17-14-9-22(19(25)26)7-6-13(14)8-15(29-11-12-4-2-1-3-5-12)18(17)23-10-16(24)21-30(23,27)28/h1-5,8H,6-7,9-11H2,(H,21,24)(H,25,26). The Morgan fingerprint density at radius 2 is 1.97 bits per heavy atom. The van der Waals surface area contributed by atoms with Crippen LogP contribution in [0.5, 0.6) is 5.75 Å². The van der Waals surface area contributed by atoms with E-state index in [0.29, 0.717) is 9.87 Å². The Bertz CT molecular complexity index is 1120. The molecule has 0 saturated carbocycles. The van der Waals surface area contributed by atoms with E-state index >= 15 is 4.39 Å². The molecule has 0 unspecified atom stereocenters. The van der Waals surface area contributed by atoms with Crippen LogP contribution < -0.4 is 13.8 Å². The number of rotatable bonds is 4. The molecule has 2 N–H and O–H groups in total. The lowest BCUT2D eigenvalue weighted by atomic mass is 9.97. The normalized spacial score (nSPS) is 17.4. The molecule has 2 aromatic rings. The molecule has 2 amide bonds. The molecule has 0 aliphatic carbocycles. The summed E-state index contributed by atoms with van der Waals surface area (Å²) in [5, 5.41) is 9.24. The second-order valence-corrected chi connectivity index (χ2v) is 8.54. The van der Waals surface area contributed by atoms with E-state index < -0.39 is 40.3 Å². The Hall–Kier alpha value is -3.34. The molecule has 1 fully saturated rings. The van der Waals surface area contributed by atoms with Gasteiger partial charge in [-0.2, -0.15) is 8.42 Å². The molecule has 2 aliphatic heterocycles. The minimum atomic E-state index is -4.29. The van der Waals surface area contributed by atoms with Crippen LogP contribution in [-0.2, 0) is 34.6 Å². The van der Waals surface area contributed by atoms with Crippen molar-refractivity contribution < 1.29 is 32.2 Å². The Balaban J connectivity index is 1.79. The summed E-state index contributed by atoms with van der Waals surface area (Å²) in [5.74, 6) is -1.74. The number of fused-ring (bicyclic) bond motifs is 1. The van der Waals surface area contributed by atoms with Gasteiger partial charge in [0.05, 0.1) is 6.54 Å². The molecule has 0 atom stereocenters. The van der Waals surface area contributed by atoms with Crippen LogP contribution in [0.2, 0.25) is 0 Å². The molecule has 0 radical (unpaired) electrons. The van der Waals surface area contributed by atoms with Gasteiger partial charge >= 0.3 is 16.3 Å². The van der Waals surface area contributed by atoms with Crippen molar-refractivity contribution in [2.75, 3.05) is 17.4 Å². The Morgan fingerprint density at radius 3 is 2.60 bits per heavy atom. The number of carbonyl (C=O) groups is 2. The maximum atomic E-state index is 15.6. The maximum Gasteiger partial charge on any atom is 0.407 e. The molecule has 11 heteroatoms. The van der Waals surface area contributed by atoms with E-state index in [9.17, 15) is 23.1 Å². The summed E-state index contributed by atoms with van der Waals surface area (Å²) in [5.41, 5.74) is 0.986. The first-order chi connectivity index (χ1) is 14.3. The van der Waals surface area contributed by atoms with Crippen LogP contribution in [-0.4, -0.2) is 43.5 Å². The molecule has 2 heterocycles. The predicted octanol–water partition coefficient (Wildman–Crippen LogP) is 1.62. The molecule has 1 saturated heterocycles. The lowest BCUT2D eigenvalue weighted by Crippen LogP contribution is -2.36. The van der Waals surface area contributed by atoms with Crippen molar-refractivity contribution in [2.45, 2.75) is 19.6 Å². The van der Waals surface area contributed by atoms with Gasteiger partial charge in [-0.25, -0.2) is 18.2 Å². The molecule has 30 heavy (non-hydrogen) atoms. The fraction of sp³-hybridized carbons (Fsp3) is 0.263. The number of hydrogen-bond acceptors (Lipinski definition) is 5. The van der Waals surface area contributed by atoms with E-state index in [-0.39, 0.29) is 37.4 Å². The molecule has 0 aromatic heterocycles. The van der Waals surface area contributed by atoms with Gasteiger partial charge in [0.2, 0.25) is 0 Å². The van der Waals surface area contributed by atoms with Gasteiger partial charge in [0, 0.05) is 12.1 Å². The van der Waals surface area contributed by atoms with Crippen molar-refractivity contribution in [2.24, 2.45) is 0 Å². The second kappa shape index (κ2) is 7.48. The topological polar surface area (TPSA) is 116 Å². The quantitative estimate of drug-likeness (QED) is 0.754. The maximum absolute atomic E-state index is 15.6. The summed E-state index contributed by atoms with van der Waals surface area (Å²) in [7, 11) is -4.29. The number of hydrogen-bond donors (Lipinski definition) is 2. The average molecular weight is 435 g/mol. The fourth-order valence-corrected chi connectivity index (χ4v) is 4.67. The van der Waals surface area contributed by atoms with Crippen LogP contribution in [0.15, 0.2) is 36.4 Å². The smallest absolute Gasteiger partial charge is 0.407 e. The fourth-order valence-electron chi connectivity index (χ4n) is 3.51. The van der Waals surface area contributed by atoms with Gasteiger partial charge in [-0.3, -0.25) is 4.79 Å². The number of ether oxygens (including phenoxy) is 1. The highest BCUT2D eigenvalue weighted by Gasteiger charge is 2.39. The SMILES string of the molecule is O=C1CN(c2c(OCc3ccccc3)cc3c(c2F)CN(C(=O)O)CC3)S(=O)(=O)N1. The molecule has 2 aromatic carbocycles. The lowest BCUT2D eigenvalue weighted by Gasteiger charge is -2.29. The van der Waals surface area contributed by atoms with Crippen molar-refractivity contribution in [3.8, 4) is 5.75 Å². The van der Waals surface area contributed by atoms with Gasteiger partial charge in [-0.05, 0) is 23.6 Å². The van der Waals surface area contributed by atoms with Crippen molar-refractivity contribution in [1.82, 2.24) is 9.62 Å². The molecule has 0 bridgehead atoms. The van der Waals surface area contributed by atoms with Gasteiger partial charge in [0.1, 0.15) is 24.6 Å². The third-order valence-electron chi connectivity index (χ3n) is 4.98. The van der Waals surface area contributed by atoms with Crippen molar-refractivity contribution >= 4 is 27.9 Å². The van der Waals surface area contributed by atoms with E-state index in [2.05, 4.69) is 0 Å². The van der Waals surface area contributed by atoms with E-state index in [0.717, 1.165) is 10.5 Å². The summed E-state index contributed by atoms with van der Waals surface area (Å²) < 4.78 is 48.5. The van der Waals surface area contributed by atoms with Crippen molar-refractivity contribution in [3.63, 3.8) is 0 Å². The summed E-state index contributed by atoms with van der Waals surface area (Å²) in [6.45, 7) is -0.579. The summed E-state index contributed by atoms with van der Waals surface area (Å²) in [6.07, 6.45) is -0.943. The van der Waals surface area contributed by atoms with E-state index in [1.165, 1.54) is 6.07 Å². The third-order valence-corrected chi connectivity index (χ3v) is 6.35. The van der Waals surface area contributed by atoms with Crippen molar-refractivity contribution in [3.05, 3.63) is 58.9 Å². The first kappa shape index (κ1) is 20.0.